The van der Waals surface area contributed by atoms with E-state index in [0.29, 0.717) is 19.4 Å². The van der Waals surface area contributed by atoms with Gasteiger partial charge >= 0.3 is 0 Å². The zero-order valence-corrected chi connectivity index (χ0v) is 14.1. The zero-order chi connectivity index (χ0) is 15.2. The number of aliphatic hydroxyl groups is 1. The lowest BCUT2D eigenvalue weighted by Crippen LogP contribution is -2.33. The highest BCUT2D eigenvalue weighted by molar-refractivity contribution is 7.09. The second-order valence-corrected chi connectivity index (χ2v) is 7.49. The smallest absolute Gasteiger partial charge is 0.0957 e. The summed E-state index contributed by atoms with van der Waals surface area (Å²) in [5.74, 6) is 0. The van der Waals surface area contributed by atoms with Gasteiger partial charge in [-0.3, -0.25) is 0 Å². The van der Waals surface area contributed by atoms with Crippen LogP contribution < -0.4 is 5.32 Å². The van der Waals surface area contributed by atoms with Crippen molar-refractivity contribution in [2.45, 2.75) is 51.6 Å². The standard InChI is InChI=1S/C15H28N2O2S/c1-14(2,3)12-11-20-13(17-12)10-15(4,18)6-7-16-8-9-19-5/h11,16,18H,6-10H2,1-5H3. The molecule has 4 nitrogen and oxygen atoms in total. The highest BCUT2D eigenvalue weighted by atomic mass is 32.1. The summed E-state index contributed by atoms with van der Waals surface area (Å²) >= 11 is 1.64. The summed E-state index contributed by atoms with van der Waals surface area (Å²) in [6.07, 6.45) is 1.32. The maximum atomic E-state index is 10.4. The Kier molecular flexibility index (Phi) is 6.58. The molecule has 1 unspecified atom stereocenters. The number of ether oxygens (including phenoxy) is 1. The maximum absolute atomic E-state index is 10.4. The highest BCUT2D eigenvalue weighted by Gasteiger charge is 2.24. The van der Waals surface area contributed by atoms with Gasteiger partial charge in [-0.1, -0.05) is 20.8 Å². The molecule has 0 saturated heterocycles. The molecule has 1 aromatic rings. The van der Waals surface area contributed by atoms with Crippen molar-refractivity contribution in [1.29, 1.82) is 0 Å². The van der Waals surface area contributed by atoms with Crippen molar-refractivity contribution in [1.82, 2.24) is 10.3 Å². The fraction of sp³-hybridized carbons (Fsp3) is 0.800. The lowest BCUT2D eigenvalue weighted by molar-refractivity contribution is 0.0509. The second kappa shape index (κ2) is 7.50. The summed E-state index contributed by atoms with van der Waals surface area (Å²) in [6, 6.07) is 0. The minimum Gasteiger partial charge on any atom is -0.390 e. The van der Waals surface area contributed by atoms with E-state index in [1.807, 2.05) is 6.92 Å². The van der Waals surface area contributed by atoms with Crippen LogP contribution in [0.4, 0.5) is 0 Å². The Hall–Kier alpha value is -0.490. The van der Waals surface area contributed by atoms with Gasteiger partial charge in [-0.25, -0.2) is 4.98 Å². The Bertz CT molecular complexity index is 397. The Morgan fingerprint density at radius 1 is 1.30 bits per heavy atom. The van der Waals surface area contributed by atoms with Gasteiger partial charge in [0.15, 0.2) is 0 Å². The average molecular weight is 300 g/mol. The third-order valence-electron chi connectivity index (χ3n) is 3.18. The molecular weight excluding hydrogens is 272 g/mol. The summed E-state index contributed by atoms with van der Waals surface area (Å²) in [7, 11) is 1.69. The van der Waals surface area contributed by atoms with E-state index in [1.54, 1.807) is 18.4 Å². The highest BCUT2D eigenvalue weighted by Crippen LogP contribution is 2.26. The molecular formula is C15H28N2O2S. The van der Waals surface area contributed by atoms with Gasteiger partial charge in [-0.05, 0) is 19.9 Å². The zero-order valence-electron chi connectivity index (χ0n) is 13.3. The molecule has 5 heteroatoms. The van der Waals surface area contributed by atoms with Gasteiger partial charge in [0.1, 0.15) is 0 Å². The van der Waals surface area contributed by atoms with Crippen LogP contribution in [0.1, 0.15) is 44.8 Å². The third kappa shape index (κ3) is 6.31. The van der Waals surface area contributed by atoms with Gasteiger partial charge in [0.2, 0.25) is 0 Å². The van der Waals surface area contributed by atoms with Crippen LogP contribution in [0.2, 0.25) is 0 Å². The SMILES string of the molecule is COCCNCCC(C)(O)Cc1nc(C(C)(C)C)cs1. The van der Waals surface area contributed by atoms with Crippen molar-refractivity contribution < 1.29 is 9.84 Å². The van der Waals surface area contributed by atoms with Crippen molar-refractivity contribution in [3.05, 3.63) is 16.1 Å². The van der Waals surface area contributed by atoms with Crippen LogP contribution in [-0.2, 0) is 16.6 Å². The van der Waals surface area contributed by atoms with E-state index in [1.165, 1.54) is 0 Å². The van der Waals surface area contributed by atoms with E-state index in [9.17, 15) is 5.11 Å². The Morgan fingerprint density at radius 3 is 2.55 bits per heavy atom. The van der Waals surface area contributed by atoms with Gasteiger partial charge in [-0.2, -0.15) is 0 Å². The van der Waals surface area contributed by atoms with Gasteiger partial charge in [0, 0.05) is 30.9 Å². The quantitative estimate of drug-likeness (QED) is 0.724. The average Bonchev–Trinajstić information content (AvgIpc) is 2.76. The van der Waals surface area contributed by atoms with Crippen LogP contribution >= 0.6 is 11.3 Å². The summed E-state index contributed by atoms with van der Waals surface area (Å²) in [5.41, 5.74) is 0.460. The molecule has 2 N–H and O–H groups in total. The van der Waals surface area contributed by atoms with E-state index in [0.717, 1.165) is 23.8 Å². The number of nitrogens with zero attached hydrogens (tertiary/aromatic N) is 1. The first kappa shape index (κ1) is 17.6. The number of aromatic nitrogens is 1. The molecule has 0 spiro atoms. The monoisotopic (exact) mass is 300 g/mol. The Morgan fingerprint density at radius 2 is 2.00 bits per heavy atom. The fourth-order valence-electron chi connectivity index (χ4n) is 1.81. The molecule has 0 aliphatic carbocycles. The molecule has 1 aromatic heterocycles. The van der Waals surface area contributed by atoms with Gasteiger partial charge in [-0.15, -0.1) is 11.3 Å². The lowest BCUT2D eigenvalue weighted by atomic mass is 9.93. The van der Waals surface area contributed by atoms with Gasteiger partial charge in [0.25, 0.3) is 0 Å². The molecule has 0 aliphatic heterocycles. The molecule has 0 saturated carbocycles. The number of thiazole rings is 1. The van der Waals surface area contributed by atoms with Crippen LogP contribution in [0.15, 0.2) is 5.38 Å². The molecule has 0 radical (unpaired) electrons. The Balaban J connectivity index is 2.43. The normalized spacial score (nSPS) is 15.3. The van der Waals surface area contributed by atoms with Crippen molar-refractivity contribution in [3.63, 3.8) is 0 Å². The molecule has 1 rings (SSSR count). The first-order chi connectivity index (χ1) is 9.24. The van der Waals surface area contributed by atoms with E-state index in [-0.39, 0.29) is 5.41 Å². The van der Waals surface area contributed by atoms with E-state index < -0.39 is 5.60 Å². The summed E-state index contributed by atoms with van der Waals surface area (Å²) < 4.78 is 4.97. The molecule has 1 heterocycles. The Labute approximate surface area is 126 Å². The topological polar surface area (TPSA) is 54.4 Å². The largest absolute Gasteiger partial charge is 0.390 e. The predicted molar refractivity (Wildman–Crippen MR) is 84.5 cm³/mol. The predicted octanol–water partition coefficient (Wildman–Crippen LogP) is 2.36. The van der Waals surface area contributed by atoms with Crippen molar-refractivity contribution in [2.24, 2.45) is 0 Å². The van der Waals surface area contributed by atoms with Crippen molar-refractivity contribution in [3.8, 4) is 0 Å². The van der Waals surface area contributed by atoms with Crippen LogP contribution in [0.3, 0.4) is 0 Å². The molecule has 0 amide bonds. The number of nitrogens with one attached hydrogen (secondary N) is 1. The van der Waals surface area contributed by atoms with Gasteiger partial charge < -0.3 is 15.2 Å². The van der Waals surface area contributed by atoms with E-state index in [2.05, 4.69) is 36.5 Å². The number of hydrogen-bond acceptors (Lipinski definition) is 5. The molecule has 0 fully saturated rings. The molecule has 1 atom stereocenters. The molecule has 20 heavy (non-hydrogen) atoms. The first-order valence-corrected chi connectivity index (χ1v) is 7.99. The summed E-state index contributed by atoms with van der Waals surface area (Å²) in [4.78, 5) is 4.64. The molecule has 0 aliphatic rings. The molecule has 0 aromatic carbocycles. The minimum absolute atomic E-state index is 0.0717. The van der Waals surface area contributed by atoms with Crippen LogP contribution in [0.5, 0.6) is 0 Å². The minimum atomic E-state index is -0.715. The van der Waals surface area contributed by atoms with Crippen LogP contribution in [0.25, 0.3) is 0 Å². The van der Waals surface area contributed by atoms with E-state index in [4.69, 9.17) is 4.74 Å². The van der Waals surface area contributed by atoms with Crippen molar-refractivity contribution in [2.75, 3.05) is 26.8 Å². The fourth-order valence-corrected chi connectivity index (χ4v) is 3.01. The number of hydrogen-bond donors (Lipinski definition) is 2. The first-order valence-electron chi connectivity index (χ1n) is 7.11. The molecule has 116 valence electrons. The molecule has 0 bridgehead atoms. The second-order valence-electron chi connectivity index (χ2n) is 6.54. The summed E-state index contributed by atoms with van der Waals surface area (Å²) in [5, 5.41) is 16.8. The lowest BCUT2D eigenvalue weighted by Gasteiger charge is -2.22. The van der Waals surface area contributed by atoms with Crippen LogP contribution in [0, 0.1) is 0 Å². The maximum Gasteiger partial charge on any atom is 0.0957 e. The van der Waals surface area contributed by atoms with E-state index >= 15 is 0 Å². The van der Waals surface area contributed by atoms with Crippen LogP contribution in [-0.4, -0.2) is 42.5 Å². The third-order valence-corrected chi connectivity index (χ3v) is 4.02. The summed E-state index contributed by atoms with van der Waals surface area (Å²) in [6.45, 7) is 10.6. The van der Waals surface area contributed by atoms with Gasteiger partial charge in [0.05, 0.1) is 22.9 Å². The van der Waals surface area contributed by atoms with Crippen molar-refractivity contribution >= 4 is 11.3 Å². The number of methoxy groups -OCH3 is 1. The number of rotatable bonds is 8.